The topological polar surface area (TPSA) is 117 Å². The van der Waals surface area contributed by atoms with Crippen molar-refractivity contribution in [3.05, 3.63) is 35.4 Å². The fraction of sp³-hybridized carbons (Fsp3) is 0.640. The first-order valence-corrected chi connectivity index (χ1v) is 11.8. The van der Waals surface area contributed by atoms with Crippen molar-refractivity contribution >= 4 is 17.8 Å². The predicted octanol–water partition coefficient (Wildman–Crippen LogP) is 3.36. The summed E-state index contributed by atoms with van der Waals surface area (Å²) in [6, 6.07) is 5.27. The zero-order chi connectivity index (χ0) is 24.8. The maximum atomic E-state index is 12.6. The summed E-state index contributed by atoms with van der Waals surface area (Å²) in [6.45, 7) is 5.58. The van der Waals surface area contributed by atoms with Gasteiger partial charge in [0, 0.05) is 13.2 Å². The van der Waals surface area contributed by atoms with Crippen LogP contribution in [0.1, 0.15) is 75.2 Å². The largest absolute Gasteiger partial charge is 0.465 e. The lowest BCUT2D eigenvalue weighted by atomic mass is 9.84. The quantitative estimate of drug-likeness (QED) is 0.510. The molecule has 0 aliphatic heterocycles. The Hall–Kier alpha value is -2.45. The summed E-state index contributed by atoms with van der Waals surface area (Å²) in [4.78, 5) is 36.4. The predicted molar refractivity (Wildman–Crippen MR) is 126 cm³/mol. The van der Waals surface area contributed by atoms with E-state index in [4.69, 9.17) is 15.2 Å². The van der Waals surface area contributed by atoms with Gasteiger partial charge < -0.3 is 25.3 Å². The van der Waals surface area contributed by atoms with Gasteiger partial charge in [0.05, 0.1) is 12.7 Å². The second kappa shape index (κ2) is 15.4. The van der Waals surface area contributed by atoms with Crippen LogP contribution in [0.15, 0.2) is 24.3 Å². The van der Waals surface area contributed by atoms with Crippen LogP contribution in [0.4, 0.5) is 0 Å². The molecule has 1 aromatic rings. The number of rotatable bonds is 10. The van der Waals surface area contributed by atoms with Gasteiger partial charge in [-0.3, -0.25) is 4.79 Å². The van der Waals surface area contributed by atoms with Crippen molar-refractivity contribution in [1.82, 2.24) is 5.32 Å². The van der Waals surface area contributed by atoms with E-state index in [2.05, 4.69) is 10.1 Å². The minimum atomic E-state index is -0.846. The number of ether oxygens (including phenoxy) is 3. The second-order valence-electron chi connectivity index (χ2n) is 8.09. The third-order valence-corrected chi connectivity index (χ3v) is 5.70. The number of carbonyl (C=O) groups is 3. The molecule has 0 aromatic heterocycles. The summed E-state index contributed by atoms with van der Waals surface area (Å²) in [5.74, 6) is -0.907. The smallest absolute Gasteiger partial charge is 0.337 e. The van der Waals surface area contributed by atoms with E-state index in [0.29, 0.717) is 17.0 Å². The summed E-state index contributed by atoms with van der Waals surface area (Å²) in [5, 5.41) is 2.64. The number of esters is 2. The van der Waals surface area contributed by atoms with E-state index in [9.17, 15) is 14.4 Å². The van der Waals surface area contributed by atoms with Gasteiger partial charge in [-0.1, -0.05) is 58.1 Å². The summed E-state index contributed by atoms with van der Waals surface area (Å²) < 4.78 is 15.3. The number of nitrogens with one attached hydrogen (secondary N) is 1. The van der Waals surface area contributed by atoms with Crippen molar-refractivity contribution in [2.24, 2.45) is 11.7 Å². The lowest BCUT2D eigenvalue weighted by molar-refractivity contribution is -0.150. The van der Waals surface area contributed by atoms with Crippen LogP contribution >= 0.6 is 0 Å². The number of nitrogens with two attached hydrogens (primary N) is 1. The average molecular weight is 465 g/mol. The van der Waals surface area contributed by atoms with Gasteiger partial charge in [-0.25, -0.2) is 9.59 Å². The summed E-state index contributed by atoms with van der Waals surface area (Å²) >= 11 is 0. The Morgan fingerprint density at radius 2 is 1.67 bits per heavy atom. The van der Waals surface area contributed by atoms with Crippen LogP contribution in [0.25, 0.3) is 0 Å². The first-order chi connectivity index (χ1) is 15.8. The van der Waals surface area contributed by atoms with E-state index in [-0.39, 0.29) is 6.61 Å². The zero-order valence-electron chi connectivity index (χ0n) is 20.6. The second-order valence-corrected chi connectivity index (χ2v) is 8.09. The Kier molecular flexibility index (Phi) is 13.3. The van der Waals surface area contributed by atoms with E-state index in [1.165, 1.54) is 33.5 Å². The molecule has 2 rings (SSSR count). The number of amides is 1. The average Bonchev–Trinajstić information content (AvgIpc) is 2.84. The fourth-order valence-electron chi connectivity index (χ4n) is 3.90. The number of hydrogen-bond donors (Lipinski definition) is 2. The molecule has 0 radical (unpaired) electrons. The van der Waals surface area contributed by atoms with Crippen LogP contribution in [0.2, 0.25) is 0 Å². The van der Waals surface area contributed by atoms with Gasteiger partial charge in [0.1, 0.15) is 12.6 Å². The molecule has 1 saturated carbocycles. The summed E-state index contributed by atoms with van der Waals surface area (Å²) in [7, 11) is 2.76. The van der Waals surface area contributed by atoms with Crippen LogP contribution in [0.3, 0.4) is 0 Å². The molecule has 33 heavy (non-hydrogen) atoms. The van der Waals surface area contributed by atoms with Gasteiger partial charge in [-0.2, -0.15) is 0 Å². The molecule has 0 bridgehead atoms. The Morgan fingerprint density at radius 1 is 1.06 bits per heavy atom. The Bertz CT molecular complexity index is 731. The van der Waals surface area contributed by atoms with E-state index < -0.39 is 36.0 Å². The number of carbonyl (C=O) groups excluding carboxylic acids is 3. The van der Waals surface area contributed by atoms with Crippen molar-refractivity contribution in [3.63, 3.8) is 0 Å². The van der Waals surface area contributed by atoms with Crippen molar-refractivity contribution in [3.8, 4) is 0 Å². The van der Waals surface area contributed by atoms with E-state index in [0.717, 1.165) is 19.3 Å². The molecule has 1 aliphatic rings. The molecule has 3 unspecified atom stereocenters. The Labute approximate surface area is 197 Å². The summed E-state index contributed by atoms with van der Waals surface area (Å²) in [5.41, 5.74) is 7.38. The van der Waals surface area contributed by atoms with Crippen molar-refractivity contribution in [1.29, 1.82) is 0 Å². The highest BCUT2D eigenvalue weighted by molar-refractivity contribution is 5.89. The molecule has 8 heteroatoms. The van der Waals surface area contributed by atoms with Gasteiger partial charge in [-0.15, -0.1) is 0 Å². The highest BCUT2D eigenvalue weighted by atomic mass is 16.5. The Balaban J connectivity index is 0.00000265. The lowest BCUT2D eigenvalue weighted by Crippen LogP contribution is -2.52. The lowest BCUT2D eigenvalue weighted by Gasteiger charge is -2.28. The third-order valence-electron chi connectivity index (χ3n) is 5.70. The highest BCUT2D eigenvalue weighted by Crippen LogP contribution is 2.27. The molecule has 1 aromatic carbocycles. The molecule has 0 heterocycles. The maximum Gasteiger partial charge on any atom is 0.337 e. The van der Waals surface area contributed by atoms with Gasteiger partial charge in [-0.05, 0) is 37.0 Å². The minimum Gasteiger partial charge on any atom is -0.465 e. The van der Waals surface area contributed by atoms with Crippen molar-refractivity contribution in [2.45, 2.75) is 84.1 Å². The molecule has 1 amide bonds. The normalized spacial score (nSPS) is 16.4. The van der Waals surface area contributed by atoms with Crippen LogP contribution in [-0.4, -0.2) is 50.3 Å². The molecule has 3 N–H and O–H groups in total. The van der Waals surface area contributed by atoms with Crippen molar-refractivity contribution < 1.29 is 28.6 Å². The van der Waals surface area contributed by atoms with Gasteiger partial charge in [0.2, 0.25) is 0 Å². The number of benzene rings is 1. The number of hydrogen-bond acceptors (Lipinski definition) is 7. The van der Waals surface area contributed by atoms with Crippen LogP contribution in [-0.2, 0) is 30.4 Å². The fourth-order valence-corrected chi connectivity index (χ4v) is 3.90. The van der Waals surface area contributed by atoms with E-state index in [1.807, 2.05) is 13.8 Å². The SMILES string of the molecule is CC.COC(=O)c1ccc(COC(=O)C(C)NC(=O)C(OC)C(N)CC2CCCCC2)cc1. The molecular weight excluding hydrogens is 424 g/mol. The standard InChI is InChI=1S/C23H34N2O6.C2H6/c1-15(22(27)31-14-17-9-11-18(12-10-17)23(28)30-3)25-21(26)20(29-2)19(24)13-16-7-5-4-6-8-16;1-2/h9-12,15-16,19-20H,4-8,13-14,24H2,1-3H3,(H,25,26);1-2H3. The van der Waals surface area contributed by atoms with E-state index in [1.54, 1.807) is 31.2 Å². The molecule has 1 aliphatic carbocycles. The molecular formula is C25H40N2O6. The minimum absolute atomic E-state index is 0.0232. The number of methoxy groups -OCH3 is 2. The van der Waals surface area contributed by atoms with Crippen LogP contribution in [0.5, 0.6) is 0 Å². The molecule has 3 atom stereocenters. The molecule has 0 saturated heterocycles. The highest BCUT2D eigenvalue weighted by Gasteiger charge is 2.30. The maximum absolute atomic E-state index is 12.6. The first-order valence-electron chi connectivity index (χ1n) is 11.8. The summed E-state index contributed by atoms with van der Waals surface area (Å²) in [6.07, 6.45) is 5.85. The van der Waals surface area contributed by atoms with Gasteiger partial charge in [0.25, 0.3) is 5.91 Å². The van der Waals surface area contributed by atoms with E-state index >= 15 is 0 Å². The zero-order valence-corrected chi connectivity index (χ0v) is 20.6. The Morgan fingerprint density at radius 3 is 2.21 bits per heavy atom. The van der Waals surface area contributed by atoms with Crippen LogP contribution < -0.4 is 11.1 Å². The van der Waals surface area contributed by atoms with Gasteiger partial charge in [0.15, 0.2) is 6.10 Å². The third kappa shape index (κ3) is 9.52. The molecule has 1 fully saturated rings. The van der Waals surface area contributed by atoms with Crippen LogP contribution in [0, 0.1) is 5.92 Å². The van der Waals surface area contributed by atoms with Crippen molar-refractivity contribution in [2.75, 3.05) is 14.2 Å². The monoisotopic (exact) mass is 464 g/mol. The molecule has 0 spiro atoms. The molecule has 8 nitrogen and oxygen atoms in total. The first kappa shape index (κ1) is 28.6. The van der Waals surface area contributed by atoms with Gasteiger partial charge >= 0.3 is 11.9 Å². The molecule has 186 valence electrons.